The first-order valence-corrected chi connectivity index (χ1v) is 7.50. The predicted molar refractivity (Wildman–Crippen MR) is 81.4 cm³/mol. The zero-order valence-electron chi connectivity index (χ0n) is 11.9. The third-order valence-electron chi connectivity index (χ3n) is 3.24. The fourth-order valence-corrected chi connectivity index (χ4v) is 2.56. The van der Waals surface area contributed by atoms with Gasteiger partial charge in [-0.05, 0) is 44.4 Å². The topological polar surface area (TPSA) is 12.0 Å². The largest absolute Gasteiger partial charge is 0.311 e. The number of unbranched alkanes of at least 4 members (excludes halogenated alkanes) is 2. The minimum absolute atomic E-state index is 0.500. The lowest BCUT2D eigenvalue weighted by Crippen LogP contribution is -2.35. The molecule has 1 nitrogen and oxygen atoms in total. The SMILES string of the molecule is CCCCCC(C)NC(C)Cc1cccc(Cl)c1. The fourth-order valence-electron chi connectivity index (χ4n) is 2.35. The number of benzene rings is 1. The van der Waals surface area contributed by atoms with Crippen molar-refractivity contribution in [3.05, 3.63) is 34.9 Å². The van der Waals surface area contributed by atoms with Gasteiger partial charge in [-0.3, -0.25) is 0 Å². The first kappa shape index (κ1) is 15.5. The molecule has 102 valence electrons. The van der Waals surface area contributed by atoms with Crippen molar-refractivity contribution in [3.63, 3.8) is 0 Å². The van der Waals surface area contributed by atoms with Crippen LogP contribution in [0, 0.1) is 0 Å². The van der Waals surface area contributed by atoms with E-state index in [1.807, 2.05) is 12.1 Å². The normalized spacial score (nSPS) is 14.4. The van der Waals surface area contributed by atoms with Crippen LogP contribution in [0.4, 0.5) is 0 Å². The summed E-state index contributed by atoms with van der Waals surface area (Å²) < 4.78 is 0. The molecule has 1 N–H and O–H groups in total. The number of hydrogen-bond donors (Lipinski definition) is 1. The third-order valence-corrected chi connectivity index (χ3v) is 3.48. The minimum Gasteiger partial charge on any atom is -0.311 e. The summed E-state index contributed by atoms with van der Waals surface area (Å²) in [7, 11) is 0. The van der Waals surface area contributed by atoms with Gasteiger partial charge in [0.2, 0.25) is 0 Å². The smallest absolute Gasteiger partial charge is 0.0408 e. The maximum absolute atomic E-state index is 6.00. The van der Waals surface area contributed by atoms with E-state index >= 15 is 0 Å². The molecule has 0 aliphatic carbocycles. The molecule has 0 heterocycles. The second-order valence-electron chi connectivity index (χ2n) is 5.30. The Morgan fingerprint density at radius 2 is 1.94 bits per heavy atom. The summed E-state index contributed by atoms with van der Waals surface area (Å²) in [5, 5.41) is 4.49. The van der Waals surface area contributed by atoms with E-state index in [-0.39, 0.29) is 0 Å². The van der Waals surface area contributed by atoms with Crippen LogP contribution in [0.1, 0.15) is 52.0 Å². The molecule has 0 aromatic heterocycles. The second-order valence-corrected chi connectivity index (χ2v) is 5.74. The highest BCUT2D eigenvalue weighted by Crippen LogP contribution is 2.13. The van der Waals surface area contributed by atoms with Crippen molar-refractivity contribution in [2.24, 2.45) is 0 Å². The van der Waals surface area contributed by atoms with E-state index in [1.165, 1.54) is 31.2 Å². The summed E-state index contributed by atoms with van der Waals surface area (Å²) in [6, 6.07) is 9.25. The monoisotopic (exact) mass is 267 g/mol. The maximum Gasteiger partial charge on any atom is 0.0408 e. The van der Waals surface area contributed by atoms with Gasteiger partial charge in [0, 0.05) is 17.1 Å². The summed E-state index contributed by atoms with van der Waals surface area (Å²) in [6.45, 7) is 6.78. The maximum atomic E-state index is 6.00. The van der Waals surface area contributed by atoms with Crippen molar-refractivity contribution >= 4 is 11.6 Å². The van der Waals surface area contributed by atoms with E-state index in [4.69, 9.17) is 11.6 Å². The Labute approximate surface area is 117 Å². The van der Waals surface area contributed by atoms with Crippen molar-refractivity contribution in [1.82, 2.24) is 5.32 Å². The van der Waals surface area contributed by atoms with Crippen molar-refractivity contribution in [2.75, 3.05) is 0 Å². The molecule has 0 fully saturated rings. The molecular formula is C16H26ClN. The fraction of sp³-hybridized carbons (Fsp3) is 0.625. The molecule has 0 saturated heterocycles. The summed E-state index contributed by atoms with van der Waals surface area (Å²) in [5.41, 5.74) is 1.31. The summed E-state index contributed by atoms with van der Waals surface area (Å²) in [4.78, 5) is 0. The van der Waals surface area contributed by atoms with Crippen molar-refractivity contribution < 1.29 is 0 Å². The van der Waals surface area contributed by atoms with Crippen LogP contribution >= 0.6 is 11.6 Å². The van der Waals surface area contributed by atoms with Crippen LogP contribution in [0.5, 0.6) is 0 Å². The van der Waals surface area contributed by atoms with Gasteiger partial charge in [-0.25, -0.2) is 0 Å². The molecule has 1 rings (SSSR count). The molecular weight excluding hydrogens is 242 g/mol. The van der Waals surface area contributed by atoms with Gasteiger partial charge in [-0.15, -0.1) is 0 Å². The van der Waals surface area contributed by atoms with Crippen LogP contribution < -0.4 is 5.32 Å². The average Bonchev–Trinajstić information content (AvgIpc) is 2.29. The minimum atomic E-state index is 0.500. The zero-order chi connectivity index (χ0) is 13.4. The Hall–Kier alpha value is -0.530. The molecule has 2 heteroatoms. The Balaban J connectivity index is 2.30. The zero-order valence-corrected chi connectivity index (χ0v) is 12.6. The lowest BCUT2D eigenvalue weighted by Gasteiger charge is -2.20. The van der Waals surface area contributed by atoms with Crippen LogP contribution in [0.25, 0.3) is 0 Å². The van der Waals surface area contributed by atoms with Gasteiger partial charge in [-0.1, -0.05) is 49.9 Å². The highest BCUT2D eigenvalue weighted by molar-refractivity contribution is 6.30. The molecule has 1 aromatic carbocycles. The van der Waals surface area contributed by atoms with Gasteiger partial charge in [-0.2, -0.15) is 0 Å². The molecule has 0 radical (unpaired) electrons. The molecule has 0 amide bonds. The van der Waals surface area contributed by atoms with E-state index in [0.717, 1.165) is 11.4 Å². The summed E-state index contributed by atoms with van der Waals surface area (Å²) in [5.74, 6) is 0. The van der Waals surface area contributed by atoms with Crippen LogP contribution in [-0.2, 0) is 6.42 Å². The van der Waals surface area contributed by atoms with E-state index < -0.39 is 0 Å². The predicted octanol–water partition coefficient (Wildman–Crippen LogP) is 4.83. The van der Waals surface area contributed by atoms with Gasteiger partial charge in [0.15, 0.2) is 0 Å². The van der Waals surface area contributed by atoms with Gasteiger partial charge < -0.3 is 5.32 Å². The lowest BCUT2D eigenvalue weighted by molar-refractivity contribution is 0.430. The molecule has 0 saturated carbocycles. The molecule has 0 aliphatic rings. The molecule has 0 aliphatic heterocycles. The van der Waals surface area contributed by atoms with E-state index in [9.17, 15) is 0 Å². The van der Waals surface area contributed by atoms with Gasteiger partial charge in [0.25, 0.3) is 0 Å². The molecule has 18 heavy (non-hydrogen) atoms. The van der Waals surface area contributed by atoms with Crippen LogP contribution in [-0.4, -0.2) is 12.1 Å². The van der Waals surface area contributed by atoms with Crippen molar-refractivity contribution in [2.45, 2.75) is 65.0 Å². The quantitative estimate of drug-likeness (QED) is 0.665. The van der Waals surface area contributed by atoms with Crippen LogP contribution in [0.15, 0.2) is 24.3 Å². The van der Waals surface area contributed by atoms with E-state index in [0.29, 0.717) is 12.1 Å². The highest BCUT2D eigenvalue weighted by atomic mass is 35.5. The van der Waals surface area contributed by atoms with Crippen molar-refractivity contribution in [3.8, 4) is 0 Å². The standard InChI is InChI=1S/C16H26ClN/c1-4-5-6-8-13(2)18-14(3)11-15-9-7-10-16(17)12-15/h7,9-10,12-14,18H,4-6,8,11H2,1-3H3. The van der Waals surface area contributed by atoms with Crippen LogP contribution in [0.2, 0.25) is 5.02 Å². The Morgan fingerprint density at radius 1 is 1.17 bits per heavy atom. The average molecular weight is 268 g/mol. The highest BCUT2D eigenvalue weighted by Gasteiger charge is 2.08. The Morgan fingerprint density at radius 3 is 2.61 bits per heavy atom. The van der Waals surface area contributed by atoms with E-state index in [2.05, 4.69) is 38.2 Å². The molecule has 2 atom stereocenters. The number of nitrogens with one attached hydrogen (secondary N) is 1. The first-order valence-electron chi connectivity index (χ1n) is 7.12. The Bertz CT molecular complexity index is 338. The van der Waals surface area contributed by atoms with Gasteiger partial charge in [0.05, 0.1) is 0 Å². The van der Waals surface area contributed by atoms with E-state index in [1.54, 1.807) is 0 Å². The molecule has 1 aromatic rings. The third kappa shape index (κ3) is 6.42. The van der Waals surface area contributed by atoms with Gasteiger partial charge >= 0.3 is 0 Å². The molecule has 2 unspecified atom stereocenters. The second kappa shape index (κ2) is 8.55. The summed E-state index contributed by atoms with van der Waals surface area (Å²) in [6.07, 6.45) is 6.28. The van der Waals surface area contributed by atoms with Crippen LogP contribution in [0.3, 0.4) is 0 Å². The number of hydrogen-bond acceptors (Lipinski definition) is 1. The number of halogens is 1. The molecule has 0 bridgehead atoms. The Kier molecular flexibility index (Phi) is 7.38. The van der Waals surface area contributed by atoms with Gasteiger partial charge in [0.1, 0.15) is 0 Å². The summed E-state index contributed by atoms with van der Waals surface area (Å²) >= 11 is 6.00. The molecule has 0 spiro atoms. The first-order chi connectivity index (χ1) is 8.61. The van der Waals surface area contributed by atoms with Crippen molar-refractivity contribution in [1.29, 1.82) is 0 Å². The lowest BCUT2D eigenvalue weighted by atomic mass is 10.0. The number of rotatable bonds is 8.